The number of nitrogens with zero attached hydrogens (tertiary/aromatic N) is 1. The second-order valence-corrected chi connectivity index (χ2v) is 4.61. The topological polar surface area (TPSA) is 46.3 Å². The van der Waals surface area contributed by atoms with E-state index < -0.39 is 0 Å². The third-order valence-corrected chi connectivity index (χ3v) is 3.30. The van der Waals surface area contributed by atoms with Gasteiger partial charge in [0.1, 0.15) is 0 Å². The summed E-state index contributed by atoms with van der Waals surface area (Å²) in [6.45, 7) is 0.670. The lowest BCUT2D eigenvalue weighted by Gasteiger charge is -2.13. The number of rotatable bonds is 1. The Balaban J connectivity index is 2.07. The molecule has 1 aliphatic carbocycles. The fourth-order valence-corrected chi connectivity index (χ4v) is 2.46. The smallest absolute Gasteiger partial charge is 0.256 e. The zero-order chi connectivity index (χ0) is 10.6. The molecule has 0 bridgehead atoms. The number of anilines is 1. The summed E-state index contributed by atoms with van der Waals surface area (Å²) in [6, 6.07) is 3.93. The van der Waals surface area contributed by atoms with Crippen LogP contribution in [0.2, 0.25) is 5.02 Å². The van der Waals surface area contributed by atoms with Crippen molar-refractivity contribution >= 4 is 23.2 Å². The van der Waals surface area contributed by atoms with Gasteiger partial charge in [-0.2, -0.15) is 0 Å². The summed E-state index contributed by atoms with van der Waals surface area (Å²) < 4.78 is 0. The van der Waals surface area contributed by atoms with Crippen molar-refractivity contribution < 1.29 is 4.79 Å². The van der Waals surface area contributed by atoms with Gasteiger partial charge in [0.05, 0.1) is 10.6 Å². The first-order valence-corrected chi connectivity index (χ1v) is 5.43. The van der Waals surface area contributed by atoms with Gasteiger partial charge in [-0.25, -0.2) is 0 Å². The number of benzene rings is 1. The van der Waals surface area contributed by atoms with Crippen molar-refractivity contribution in [2.45, 2.75) is 25.4 Å². The van der Waals surface area contributed by atoms with Crippen LogP contribution >= 0.6 is 11.6 Å². The minimum atomic E-state index is 0.0671. The lowest BCUT2D eigenvalue weighted by Crippen LogP contribution is -2.25. The molecule has 15 heavy (non-hydrogen) atoms. The summed E-state index contributed by atoms with van der Waals surface area (Å²) in [6.07, 6.45) is 2.24. The van der Waals surface area contributed by atoms with Crippen LogP contribution < -0.4 is 5.73 Å². The maximum Gasteiger partial charge on any atom is 0.256 e. The Kier molecular flexibility index (Phi) is 1.74. The highest BCUT2D eigenvalue weighted by Gasteiger charge is 2.39. The fraction of sp³-hybridized carbons (Fsp3) is 0.364. The molecule has 0 saturated heterocycles. The molecule has 2 aliphatic rings. The van der Waals surface area contributed by atoms with E-state index in [9.17, 15) is 4.79 Å². The van der Waals surface area contributed by atoms with E-state index in [1.165, 1.54) is 0 Å². The van der Waals surface area contributed by atoms with Crippen LogP contribution in [0.25, 0.3) is 0 Å². The molecule has 0 aromatic heterocycles. The number of carbonyl (C=O) groups is 1. The minimum absolute atomic E-state index is 0.0671. The Labute approximate surface area is 92.8 Å². The van der Waals surface area contributed by atoms with Crippen molar-refractivity contribution in [3.05, 3.63) is 28.3 Å². The Morgan fingerprint density at radius 3 is 2.80 bits per heavy atom. The molecular formula is C11H11ClN2O. The molecule has 1 aromatic carbocycles. The first kappa shape index (κ1) is 9.04. The zero-order valence-corrected chi connectivity index (χ0v) is 8.92. The third-order valence-electron chi connectivity index (χ3n) is 3.00. The van der Waals surface area contributed by atoms with Crippen molar-refractivity contribution in [1.82, 2.24) is 4.90 Å². The van der Waals surface area contributed by atoms with Gasteiger partial charge in [-0.3, -0.25) is 4.79 Å². The highest BCUT2D eigenvalue weighted by atomic mass is 35.5. The van der Waals surface area contributed by atoms with Crippen molar-refractivity contribution in [3.8, 4) is 0 Å². The summed E-state index contributed by atoms with van der Waals surface area (Å²) >= 11 is 6.03. The molecule has 0 unspecified atom stereocenters. The Morgan fingerprint density at radius 2 is 2.13 bits per heavy atom. The molecule has 0 spiro atoms. The summed E-state index contributed by atoms with van der Waals surface area (Å²) in [5.74, 6) is 0.0671. The summed E-state index contributed by atoms with van der Waals surface area (Å²) in [7, 11) is 0. The van der Waals surface area contributed by atoms with Crippen LogP contribution in [0.3, 0.4) is 0 Å². The Morgan fingerprint density at radius 1 is 1.40 bits per heavy atom. The first-order valence-electron chi connectivity index (χ1n) is 5.05. The SMILES string of the molecule is Nc1cc(Cl)c2c(c1)CN(C1CC1)C2=O. The van der Waals surface area contributed by atoms with Gasteiger partial charge in [0.2, 0.25) is 0 Å². The van der Waals surface area contributed by atoms with E-state index in [2.05, 4.69) is 0 Å². The third kappa shape index (κ3) is 1.30. The van der Waals surface area contributed by atoms with Crippen LogP contribution in [0, 0.1) is 0 Å². The van der Waals surface area contributed by atoms with Crippen LogP contribution in [-0.2, 0) is 6.54 Å². The number of fused-ring (bicyclic) bond motifs is 1. The average Bonchev–Trinajstić information content (AvgIpc) is 2.92. The molecule has 0 radical (unpaired) electrons. The van der Waals surface area contributed by atoms with E-state index in [1.54, 1.807) is 6.07 Å². The summed E-state index contributed by atoms with van der Waals surface area (Å²) in [5.41, 5.74) is 7.95. The Hall–Kier alpha value is -1.22. The van der Waals surface area contributed by atoms with Crippen LogP contribution in [0.1, 0.15) is 28.8 Å². The quantitative estimate of drug-likeness (QED) is 0.740. The number of nitrogen functional groups attached to an aromatic ring is 1. The molecular weight excluding hydrogens is 212 g/mol. The van der Waals surface area contributed by atoms with Gasteiger partial charge in [-0.15, -0.1) is 0 Å². The number of amides is 1. The van der Waals surface area contributed by atoms with Gasteiger partial charge < -0.3 is 10.6 Å². The monoisotopic (exact) mass is 222 g/mol. The molecule has 1 heterocycles. The second kappa shape index (κ2) is 2.89. The maximum atomic E-state index is 12.0. The van der Waals surface area contributed by atoms with E-state index >= 15 is 0 Å². The lowest BCUT2D eigenvalue weighted by molar-refractivity contribution is 0.0767. The predicted octanol–water partition coefficient (Wildman–Crippen LogP) is 2.04. The van der Waals surface area contributed by atoms with E-state index in [-0.39, 0.29) is 5.91 Å². The van der Waals surface area contributed by atoms with E-state index in [0.29, 0.717) is 28.9 Å². The van der Waals surface area contributed by atoms with Crippen LogP contribution in [0.5, 0.6) is 0 Å². The molecule has 1 aromatic rings. The van der Waals surface area contributed by atoms with E-state index in [0.717, 1.165) is 18.4 Å². The lowest BCUT2D eigenvalue weighted by atomic mass is 10.1. The molecule has 3 rings (SSSR count). The Bertz CT molecular complexity index is 454. The maximum absolute atomic E-state index is 12.0. The number of carbonyl (C=O) groups excluding carboxylic acids is 1. The van der Waals surface area contributed by atoms with Crippen molar-refractivity contribution in [2.24, 2.45) is 0 Å². The molecule has 1 fully saturated rings. The molecule has 1 amide bonds. The highest BCUT2D eigenvalue weighted by molar-refractivity contribution is 6.34. The van der Waals surface area contributed by atoms with Crippen LogP contribution in [-0.4, -0.2) is 16.8 Å². The van der Waals surface area contributed by atoms with Crippen LogP contribution in [0.15, 0.2) is 12.1 Å². The minimum Gasteiger partial charge on any atom is -0.399 e. The van der Waals surface area contributed by atoms with Gasteiger partial charge in [-0.1, -0.05) is 11.6 Å². The van der Waals surface area contributed by atoms with E-state index in [1.807, 2.05) is 11.0 Å². The summed E-state index contributed by atoms with van der Waals surface area (Å²) in [4.78, 5) is 13.9. The number of halogens is 1. The van der Waals surface area contributed by atoms with Crippen molar-refractivity contribution in [3.63, 3.8) is 0 Å². The molecule has 1 saturated carbocycles. The van der Waals surface area contributed by atoms with Crippen LogP contribution in [0.4, 0.5) is 5.69 Å². The first-order chi connectivity index (χ1) is 7.16. The molecule has 0 atom stereocenters. The van der Waals surface area contributed by atoms with E-state index in [4.69, 9.17) is 17.3 Å². The zero-order valence-electron chi connectivity index (χ0n) is 8.16. The molecule has 1 aliphatic heterocycles. The number of hydrogen-bond donors (Lipinski definition) is 1. The van der Waals surface area contributed by atoms with Crippen molar-refractivity contribution in [1.29, 1.82) is 0 Å². The number of hydrogen-bond acceptors (Lipinski definition) is 2. The molecule has 3 nitrogen and oxygen atoms in total. The predicted molar refractivity (Wildman–Crippen MR) is 58.8 cm³/mol. The second-order valence-electron chi connectivity index (χ2n) is 4.20. The standard InChI is InChI=1S/C11H11ClN2O/c12-9-4-7(13)3-6-5-14(8-1-2-8)11(15)10(6)9/h3-4,8H,1-2,5,13H2. The van der Waals surface area contributed by atoms with Crippen molar-refractivity contribution in [2.75, 3.05) is 5.73 Å². The van der Waals surface area contributed by atoms with Gasteiger partial charge in [-0.05, 0) is 30.5 Å². The normalized spacial score (nSPS) is 19.5. The van der Waals surface area contributed by atoms with Gasteiger partial charge >= 0.3 is 0 Å². The molecule has 4 heteroatoms. The summed E-state index contributed by atoms with van der Waals surface area (Å²) in [5, 5.41) is 0.484. The van der Waals surface area contributed by atoms with Gasteiger partial charge in [0.15, 0.2) is 0 Å². The largest absolute Gasteiger partial charge is 0.399 e. The highest BCUT2D eigenvalue weighted by Crippen LogP contribution is 2.37. The average molecular weight is 223 g/mol. The number of nitrogens with two attached hydrogens (primary N) is 1. The van der Waals surface area contributed by atoms with Gasteiger partial charge in [0.25, 0.3) is 5.91 Å². The fourth-order valence-electron chi connectivity index (χ4n) is 2.13. The van der Waals surface area contributed by atoms with Gasteiger partial charge in [0, 0.05) is 18.3 Å². The molecule has 2 N–H and O–H groups in total. The molecule has 78 valence electrons.